The number of H-pyrrole nitrogens is 2. The lowest BCUT2D eigenvalue weighted by Gasteiger charge is -2.06. The molecule has 88 valence electrons. The summed E-state index contributed by atoms with van der Waals surface area (Å²) in [5, 5.41) is 3.19. The summed E-state index contributed by atoms with van der Waals surface area (Å²) in [5.41, 5.74) is 0.309. The average molecular weight is 317 g/mol. The molecular weight excluding hydrogens is 309 g/mol. The maximum atomic E-state index is 11.7. The molecule has 5 nitrogen and oxygen atoms in total. The molecule has 0 atom stereocenters. The first-order valence-electron chi connectivity index (χ1n) is 4.60. The summed E-state index contributed by atoms with van der Waals surface area (Å²) >= 11 is 9.05. The molecule has 0 saturated heterocycles. The van der Waals surface area contributed by atoms with Crippen LogP contribution in [-0.2, 0) is 0 Å². The smallest absolute Gasteiger partial charge is 0.320 e. The number of hydrogen-bond donors (Lipinski definition) is 3. The van der Waals surface area contributed by atoms with E-state index >= 15 is 0 Å². The molecule has 1 amide bonds. The Kier molecular flexibility index (Phi) is 3.35. The van der Waals surface area contributed by atoms with Crippen molar-refractivity contribution >= 4 is 39.1 Å². The van der Waals surface area contributed by atoms with Crippen LogP contribution in [0.4, 0.5) is 5.69 Å². The normalized spacial score (nSPS) is 10.2. The molecule has 0 aliphatic carbocycles. The number of benzene rings is 1. The van der Waals surface area contributed by atoms with E-state index in [1.54, 1.807) is 18.2 Å². The van der Waals surface area contributed by atoms with Crippen molar-refractivity contribution in [1.29, 1.82) is 0 Å². The van der Waals surface area contributed by atoms with Gasteiger partial charge in [-0.3, -0.25) is 4.79 Å². The van der Waals surface area contributed by atoms with Gasteiger partial charge in [-0.05, 0) is 34.1 Å². The minimum atomic E-state index is -0.426. The van der Waals surface area contributed by atoms with Gasteiger partial charge in [0.25, 0.3) is 5.91 Å². The molecule has 7 heteroatoms. The van der Waals surface area contributed by atoms with Crippen molar-refractivity contribution in [3.05, 3.63) is 50.1 Å². The zero-order valence-corrected chi connectivity index (χ0v) is 10.7. The van der Waals surface area contributed by atoms with Crippen LogP contribution in [0.5, 0.6) is 0 Å². The van der Waals surface area contributed by atoms with Crippen molar-refractivity contribution in [1.82, 2.24) is 9.97 Å². The number of hydrogen-bond acceptors (Lipinski definition) is 2. The molecule has 17 heavy (non-hydrogen) atoms. The van der Waals surface area contributed by atoms with E-state index in [1.807, 2.05) is 0 Å². The SMILES string of the molecule is O=C(Nc1ccc(Cl)cc1Br)c1c[nH]c(=O)[nH]1. The Morgan fingerprint density at radius 1 is 1.41 bits per heavy atom. The maximum absolute atomic E-state index is 11.7. The van der Waals surface area contributed by atoms with Gasteiger partial charge in [-0.1, -0.05) is 11.6 Å². The fourth-order valence-corrected chi connectivity index (χ4v) is 2.02. The predicted octanol–water partition coefficient (Wildman–Crippen LogP) is 2.37. The van der Waals surface area contributed by atoms with Gasteiger partial charge in [0.2, 0.25) is 0 Å². The van der Waals surface area contributed by atoms with E-state index in [1.165, 1.54) is 6.20 Å². The predicted molar refractivity (Wildman–Crippen MR) is 68.5 cm³/mol. The number of nitrogens with one attached hydrogen (secondary N) is 3. The van der Waals surface area contributed by atoms with Gasteiger partial charge in [-0.2, -0.15) is 0 Å². The molecule has 0 aliphatic heterocycles. The van der Waals surface area contributed by atoms with Gasteiger partial charge in [0.05, 0.1) is 5.69 Å². The molecule has 3 N–H and O–H groups in total. The molecule has 1 aromatic heterocycles. The van der Waals surface area contributed by atoms with E-state index < -0.39 is 11.6 Å². The van der Waals surface area contributed by atoms with Crippen molar-refractivity contribution in [3.8, 4) is 0 Å². The van der Waals surface area contributed by atoms with Crippen LogP contribution in [0.3, 0.4) is 0 Å². The molecule has 2 rings (SSSR count). The Morgan fingerprint density at radius 2 is 2.18 bits per heavy atom. The van der Waals surface area contributed by atoms with Crippen molar-refractivity contribution in [2.75, 3.05) is 5.32 Å². The summed E-state index contributed by atoms with van der Waals surface area (Å²) in [6.45, 7) is 0. The highest BCUT2D eigenvalue weighted by Crippen LogP contribution is 2.26. The highest BCUT2D eigenvalue weighted by atomic mass is 79.9. The van der Waals surface area contributed by atoms with Gasteiger partial charge in [-0.25, -0.2) is 4.79 Å². The average Bonchev–Trinajstić information content (AvgIpc) is 2.69. The highest BCUT2D eigenvalue weighted by Gasteiger charge is 2.10. The molecular formula is C10H7BrClN3O2. The van der Waals surface area contributed by atoms with E-state index in [0.29, 0.717) is 15.2 Å². The quantitative estimate of drug-likeness (QED) is 0.795. The third-order valence-electron chi connectivity index (χ3n) is 2.02. The Hall–Kier alpha value is -1.53. The summed E-state index contributed by atoms with van der Waals surface area (Å²) < 4.78 is 0.663. The van der Waals surface area contributed by atoms with Crippen LogP contribution in [0.25, 0.3) is 0 Å². The summed E-state index contributed by atoms with van der Waals surface area (Å²) in [7, 11) is 0. The molecule has 1 aromatic carbocycles. The summed E-state index contributed by atoms with van der Waals surface area (Å²) in [6.07, 6.45) is 1.31. The molecule has 2 aromatic rings. The van der Waals surface area contributed by atoms with Crippen molar-refractivity contribution < 1.29 is 4.79 Å². The minimum absolute atomic E-state index is 0.164. The monoisotopic (exact) mass is 315 g/mol. The van der Waals surface area contributed by atoms with Crippen LogP contribution in [0.15, 0.2) is 33.7 Å². The standard InChI is InChI=1S/C10H7BrClN3O2/c11-6-3-5(12)1-2-7(6)14-9(16)8-4-13-10(17)15-8/h1-4H,(H,14,16)(H2,13,15,17). The zero-order valence-electron chi connectivity index (χ0n) is 8.38. The lowest BCUT2D eigenvalue weighted by Crippen LogP contribution is -2.14. The number of aromatic nitrogens is 2. The van der Waals surface area contributed by atoms with Gasteiger partial charge in [-0.15, -0.1) is 0 Å². The Balaban J connectivity index is 2.21. The van der Waals surface area contributed by atoms with Crippen LogP contribution in [0, 0.1) is 0 Å². The Labute approximate surface area is 109 Å². The van der Waals surface area contributed by atoms with Gasteiger partial charge >= 0.3 is 5.69 Å². The van der Waals surface area contributed by atoms with Crippen LogP contribution in [0.1, 0.15) is 10.5 Å². The highest BCUT2D eigenvalue weighted by molar-refractivity contribution is 9.10. The molecule has 0 saturated carbocycles. The van der Waals surface area contributed by atoms with E-state index in [4.69, 9.17) is 11.6 Å². The lowest BCUT2D eigenvalue weighted by molar-refractivity contribution is 0.102. The van der Waals surface area contributed by atoms with Gasteiger partial charge in [0, 0.05) is 15.7 Å². The first-order chi connectivity index (χ1) is 8.06. The second-order valence-electron chi connectivity index (χ2n) is 3.23. The van der Waals surface area contributed by atoms with E-state index in [0.717, 1.165) is 0 Å². The third-order valence-corrected chi connectivity index (χ3v) is 2.91. The van der Waals surface area contributed by atoms with Crippen molar-refractivity contribution in [2.24, 2.45) is 0 Å². The van der Waals surface area contributed by atoms with E-state index in [9.17, 15) is 9.59 Å². The number of aromatic amines is 2. The second kappa shape index (κ2) is 4.77. The van der Waals surface area contributed by atoms with Gasteiger partial charge in [0.15, 0.2) is 0 Å². The van der Waals surface area contributed by atoms with Crippen LogP contribution >= 0.6 is 27.5 Å². The molecule has 0 radical (unpaired) electrons. The minimum Gasteiger partial charge on any atom is -0.320 e. The molecule has 1 heterocycles. The number of rotatable bonds is 2. The van der Waals surface area contributed by atoms with E-state index in [2.05, 4.69) is 31.2 Å². The Bertz CT molecular complexity index is 620. The van der Waals surface area contributed by atoms with Crippen LogP contribution in [-0.4, -0.2) is 15.9 Å². The number of amides is 1. The molecule has 0 unspecified atom stereocenters. The van der Waals surface area contributed by atoms with Gasteiger partial charge in [0.1, 0.15) is 5.69 Å². The summed E-state index contributed by atoms with van der Waals surface area (Å²) in [4.78, 5) is 27.3. The van der Waals surface area contributed by atoms with E-state index in [-0.39, 0.29) is 5.69 Å². The Morgan fingerprint density at radius 3 is 2.76 bits per heavy atom. The largest absolute Gasteiger partial charge is 0.323 e. The molecule has 0 bridgehead atoms. The molecule has 0 spiro atoms. The van der Waals surface area contributed by atoms with Crippen molar-refractivity contribution in [3.63, 3.8) is 0 Å². The van der Waals surface area contributed by atoms with Gasteiger partial charge < -0.3 is 15.3 Å². The fraction of sp³-hybridized carbons (Fsp3) is 0. The van der Waals surface area contributed by atoms with Crippen molar-refractivity contribution in [2.45, 2.75) is 0 Å². The second-order valence-corrected chi connectivity index (χ2v) is 4.53. The lowest BCUT2D eigenvalue weighted by atomic mass is 10.3. The molecule has 0 aliphatic rings. The maximum Gasteiger partial charge on any atom is 0.323 e. The number of imidazole rings is 1. The fourth-order valence-electron chi connectivity index (χ4n) is 1.24. The number of carbonyl (C=O) groups is 1. The number of carbonyl (C=O) groups excluding carboxylic acids is 1. The first-order valence-corrected chi connectivity index (χ1v) is 5.77. The summed E-state index contributed by atoms with van der Waals surface area (Å²) in [6, 6.07) is 4.98. The number of anilines is 1. The van der Waals surface area contributed by atoms with Crippen LogP contribution in [0.2, 0.25) is 5.02 Å². The third kappa shape index (κ3) is 2.78. The summed E-state index contributed by atoms with van der Waals surface area (Å²) in [5.74, 6) is -0.411. The topological polar surface area (TPSA) is 77.8 Å². The first kappa shape index (κ1) is 11.9. The number of halogens is 2. The van der Waals surface area contributed by atoms with Crippen LogP contribution < -0.4 is 11.0 Å². The zero-order chi connectivity index (χ0) is 12.4. The molecule has 0 fully saturated rings.